The van der Waals surface area contributed by atoms with Gasteiger partial charge in [0.25, 0.3) is 0 Å². The molecule has 0 amide bonds. The quantitative estimate of drug-likeness (QED) is 0.574. The Morgan fingerprint density at radius 3 is 1.67 bits per heavy atom. The van der Waals surface area contributed by atoms with E-state index in [9.17, 15) is 39.9 Å². The monoisotopic (exact) mass is 288 g/mol. The Hall–Kier alpha value is -0.930. The molecule has 0 radical (unpaired) electrons. The van der Waals surface area contributed by atoms with Gasteiger partial charge in [-0.2, -0.15) is 26.3 Å². The SMILES string of the molecule is CC(C)(OC(F)(F)CF)C(F)(C(=O)F)C(F)(F)F. The van der Waals surface area contributed by atoms with Crippen molar-refractivity contribution in [3.63, 3.8) is 0 Å². The van der Waals surface area contributed by atoms with Crippen molar-refractivity contribution in [2.24, 2.45) is 0 Å². The van der Waals surface area contributed by atoms with E-state index in [1.807, 2.05) is 0 Å². The molecule has 0 saturated heterocycles. The van der Waals surface area contributed by atoms with Gasteiger partial charge >= 0.3 is 24.0 Å². The first kappa shape index (κ1) is 17.1. The van der Waals surface area contributed by atoms with E-state index in [4.69, 9.17) is 0 Å². The van der Waals surface area contributed by atoms with Crippen LogP contribution in [-0.2, 0) is 9.53 Å². The number of carbonyl (C=O) groups is 1. The number of alkyl halides is 7. The van der Waals surface area contributed by atoms with Crippen molar-refractivity contribution < 1.29 is 44.7 Å². The van der Waals surface area contributed by atoms with Crippen LogP contribution >= 0.6 is 0 Å². The van der Waals surface area contributed by atoms with Crippen molar-refractivity contribution in [1.29, 1.82) is 0 Å². The molecular formula is C8H8F8O2. The Morgan fingerprint density at radius 1 is 1.06 bits per heavy atom. The summed E-state index contributed by atoms with van der Waals surface area (Å²) in [5.74, 6) is 0. The first-order valence-electron chi connectivity index (χ1n) is 4.31. The van der Waals surface area contributed by atoms with Crippen molar-refractivity contribution in [1.82, 2.24) is 0 Å². The zero-order valence-electron chi connectivity index (χ0n) is 9.05. The molecule has 0 rings (SSSR count). The predicted octanol–water partition coefficient (Wildman–Crippen LogP) is 3.11. The maximum atomic E-state index is 13.4. The van der Waals surface area contributed by atoms with Crippen molar-refractivity contribution >= 4 is 6.04 Å². The van der Waals surface area contributed by atoms with Gasteiger partial charge < -0.3 is 4.74 Å². The van der Waals surface area contributed by atoms with E-state index < -0.39 is 36.3 Å². The molecule has 0 fully saturated rings. The fraction of sp³-hybridized carbons (Fsp3) is 0.875. The molecule has 2 nitrogen and oxygen atoms in total. The second-order valence-corrected chi connectivity index (χ2v) is 3.81. The maximum Gasteiger partial charge on any atom is 0.435 e. The van der Waals surface area contributed by atoms with Gasteiger partial charge in [0.05, 0.1) is 0 Å². The Bertz CT molecular complexity index is 324. The largest absolute Gasteiger partial charge is 0.435 e. The van der Waals surface area contributed by atoms with Crippen LogP contribution in [0.1, 0.15) is 13.8 Å². The van der Waals surface area contributed by atoms with Gasteiger partial charge in [-0.15, -0.1) is 0 Å². The zero-order chi connectivity index (χ0) is 15.0. The zero-order valence-corrected chi connectivity index (χ0v) is 9.05. The van der Waals surface area contributed by atoms with Crippen LogP contribution in [0.4, 0.5) is 35.1 Å². The number of hydrogen-bond acceptors (Lipinski definition) is 2. The van der Waals surface area contributed by atoms with Gasteiger partial charge in [0.1, 0.15) is 5.60 Å². The van der Waals surface area contributed by atoms with Crippen LogP contribution in [0.25, 0.3) is 0 Å². The van der Waals surface area contributed by atoms with E-state index in [-0.39, 0.29) is 13.8 Å². The van der Waals surface area contributed by atoms with E-state index in [0.29, 0.717) is 0 Å². The highest BCUT2D eigenvalue weighted by atomic mass is 19.4. The molecule has 0 heterocycles. The van der Waals surface area contributed by atoms with Crippen LogP contribution in [0, 0.1) is 0 Å². The van der Waals surface area contributed by atoms with Gasteiger partial charge in [0.2, 0.25) is 0 Å². The highest BCUT2D eigenvalue weighted by Gasteiger charge is 2.73. The summed E-state index contributed by atoms with van der Waals surface area (Å²) in [5.41, 5.74) is -8.99. The average Bonchev–Trinajstić information content (AvgIpc) is 2.12. The molecule has 0 aliphatic carbocycles. The predicted molar refractivity (Wildman–Crippen MR) is 42.1 cm³/mol. The third kappa shape index (κ3) is 2.90. The number of rotatable bonds is 5. The third-order valence-electron chi connectivity index (χ3n) is 2.05. The van der Waals surface area contributed by atoms with Crippen molar-refractivity contribution in [3.8, 4) is 0 Å². The minimum absolute atomic E-state index is 0.0571. The molecule has 0 aliphatic rings. The molecule has 0 saturated carbocycles. The number of ether oxygens (including phenoxy) is 1. The Kier molecular flexibility index (Phi) is 4.39. The van der Waals surface area contributed by atoms with E-state index in [1.54, 1.807) is 0 Å². The fourth-order valence-electron chi connectivity index (χ4n) is 1.16. The van der Waals surface area contributed by atoms with E-state index >= 15 is 0 Å². The first-order chi connectivity index (χ1) is 7.71. The summed E-state index contributed by atoms with van der Waals surface area (Å²) < 4.78 is 102. The second-order valence-electron chi connectivity index (χ2n) is 3.81. The van der Waals surface area contributed by atoms with Gasteiger partial charge in [0.15, 0.2) is 6.67 Å². The highest BCUT2D eigenvalue weighted by Crippen LogP contribution is 2.46. The lowest BCUT2D eigenvalue weighted by molar-refractivity contribution is -0.351. The summed E-state index contributed by atoms with van der Waals surface area (Å²) in [5, 5.41) is 0. The lowest BCUT2D eigenvalue weighted by Crippen LogP contribution is -2.63. The minimum Gasteiger partial charge on any atom is -0.308 e. The van der Waals surface area contributed by atoms with Crippen molar-refractivity contribution in [3.05, 3.63) is 0 Å². The molecule has 0 N–H and O–H groups in total. The molecule has 0 spiro atoms. The summed E-state index contributed by atoms with van der Waals surface area (Å²) >= 11 is 0. The van der Waals surface area contributed by atoms with Gasteiger partial charge in [-0.05, 0) is 13.8 Å². The van der Waals surface area contributed by atoms with E-state index in [0.717, 1.165) is 0 Å². The fourth-order valence-corrected chi connectivity index (χ4v) is 1.16. The minimum atomic E-state index is -6.14. The van der Waals surface area contributed by atoms with E-state index in [2.05, 4.69) is 4.74 Å². The molecule has 1 atom stereocenters. The summed E-state index contributed by atoms with van der Waals surface area (Å²) in [6.07, 6.45) is -10.9. The number of hydrogen-bond donors (Lipinski definition) is 0. The van der Waals surface area contributed by atoms with Crippen LogP contribution in [-0.4, -0.2) is 36.3 Å². The second kappa shape index (κ2) is 4.63. The summed E-state index contributed by atoms with van der Waals surface area (Å²) in [6, 6.07) is -3.56. The van der Waals surface area contributed by atoms with Gasteiger partial charge in [-0.25, -0.2) is 8.78 Å². The maximum absolute atomic E-state index is 13.4. The van der Waals surface area contributed by atoms with Crippen LogP contribution in [0.2, 0.25) is 0 Å². The summed E-state index contributed by atoms with van der Waals surface area (Å²) in [7, 11) is 0. The molecule has 0 aromatic carbocycles. The van der Waals surface area contributed by atoms with E-state index in [1.165, 1.54) is 0 Å². The Labute approximate surface area is 95.9 Å². The molecule has 1 unspecified atom stereocenters. The molecular weight excluding hydrogens is 280 g/mol. The van der Waals surface area contributed by atoms with Crippen LogP contribution < -0.4 is 0 Å². The molecule has 0 bridgehead atoms. The Balaban J connectivity index is 5.58. The Morgan fingerprint density at radius 2 is 1.44 bits per heavy atom. The van der Waals surface area contributed by atoms with Crippen molar-refractivity contribution in [2.45, 2.75) is 37.4 Å². The van der Waals surface area contributed by atoms with Gasteiger partial charge in [-0.1, -0.05) is 0 Å². The number of halogens is 8. The molecule has 0 aliphatic heterocycles. The smallest absolute Gasteiger partial charge is 0.308 e. The number of carbonyl (C=O) groups excluding carboxylic acids is 1. The van der Waals surface area contributed by atoms with Gasteiger partial charge in [0, 0.05) is 0 Å². The molecule has 18 heavy (non-hydrogen) atoms. The van der Waals surface area contributed by atoms with Crippen molar-refractivity contribution in [2.75, 3.05) is 6.67 Å². The summed E-state index contributed by atoms with van der Waals surface area (Å²) in [4.78, 5) is 10.2. The lowest BCUT2D eigenvalue weighted by Gasteiger charge is -2.39. The molecule has 0 aromatic rings. The standard InChI is InChI=1S/C8H8F8O2/c1-5(2,18-6(11,12)3-9)7(13,4(10)17)8(14,15)16/h3H2,1-2H3. The third-order valence-corrected chi connectivity index (χ3v) is 2.05. The summed E-state index contributed by atoms with van der Waals surface area (Å²) in [6.45, 7) is -2.45. The van der Waals surface area contributed by atoms with Gasteiger partial charge in [-0.3, -0.25) is 4.79 Å². The van der Waals surface area contributed by atoms with Crippen LogP contribution in [0.15, 0.2) is 0 Å². The normalized spacial score (nSPS) is 17.4. The molecule has 10 heteroatoms. The first-order valence-corrected chi connectivity index (χ1v) is 4.31. The average molecular weight is 288 g/mol. The lowest BCUT2D eigenvalue weighted by atomic mass is 9.87. The highest BCUT2D eigenvalue weighted by molar-refractivity contribution is 5.81. The van der Waals surface area contributed by atoms with Crippen LogP contribution in [0.5, 0.6) is 0 Å². The molecule has 0 aromatic heterocycles. The molecule has 108 valence electrons. The van der Waals surface area contributed by atoms with Crippen LogP contribution in [0.3, 0.4) is 0 Å². The topological polar surface area (TPSA) is 26.3 Å².